The van der Waals surface area contributed by atoms with Crippen molar-refractivity contribution in [1.82, 2.24) is 10.2 Å². The van der Waals surface area contributed by atoms with Crippen LogP contribution in [0.25, 0.3) is 0 Å². The zero-order valence-electron chi connectivity index (χ0n) is 9.71. The van der Waals surface area contributed by atoms with E-state index in [9.17, 15) is 9.59 Å². The van der Waals surface area contributed by atoms with Crippen LogP contribution >= 0.6 is 0 Å². The van der Waals surface area contributed by atoms with Crippen molar-refractivity contribution in [2.45, 2.75) is 32.1 Å². The molecule has 0 aromatic carbocycles. The average molecular weight is 224 g/mol. The fraction of sp³-hybridized carbons (Fsp3) is 0.833. The van der Waals surface area contributed by atoms with E-state index in [0.29, 0.717) is 18.9 Å². The van der Waals surface area contributed by atoms with Gasteiger partial charge in [-0.05, 0) is 19.3 Å². The minimum Gasteiger partial charge on any atom is -0.355 e. The monoisotopic (exact) mass is 224 g/mol. The van der Waals surface area contributed by atoms with Gasteiger partial charge in [0.15, 0.2) is 0 Å². The molecule has 1 heterocycles. The Morgan fingerprint density at radius 3 is 2.81 bits per heavy atom. The first-order valence-electron chi connectivity index (χ1n) is 6.27. The number of hydrogen-bond acceptors (Lipinski definition) is 3. The summed E-state index contributed by atoms with van der Waals surface area (Å²) in [7, 11) is 0. The van der Waals surface area contributed by atoms with Crippen LogP contribution in [0.1, 0.15) is 32.1 Å². The van der Waals surface area contributed by atoms with Gasteiger partial charge in [-0.1, -0.05) is 12.8 Å². The molecule has 0 aromatic rings. The lowest BCUT2D eigenvalue weighted by Gasteiger charge is -2.19. The van der Waals surface area contributed by atoms with Gasteiger partial charge in [-0.2, -0.15) is 0 Å². The molecule has 0 bridgehead atoms. The maximum atomic E-state index is 12.0. The molecule has 2 rings (SSSR count). The van der Waals surface area contributed by atoms with E-state index in [4.69, 9.17) is 0 Å². The van der Waals surface area contributed by atoms with Crippen molar-refractivity contribution in [2.75, 3.05) is 26.2 Å². The van der Waals surface area contributed by atoms with Gasteiger partial charge in [0.25, 0.3) is 0 Å². The second-order valence-electron chi connectivity index (χ2n) is 4.86. The number of Topliss-reactive ketones (excluding diaryl/α,β-unsaturated/α-hetero) is 1. The molecule has 4 nitrogen and oxygen atoms in total. The van der Waals surface area contributed by atoms with Crippen LogP contribution in [-0.2, 0) is 9.59 Å². The van der Waals surface area contributed by atoms with Gasteiger partial charge in [0.05, 0.1) is 13.1 Å². The topological polar surface area (TPSA) is 49.4 Å². The highest BCUT2D eigenvalue weighted by Gasteiger charge is 2.25. The molecule has 0 spiro atoms. The van der Waals surface area contributed by atoms with Crippen LogP contribution in [0, 0.1) is 5.92 Å². The highest BCUT2D eigenvalue weighted by Crippen LogP contribution is 2.25. The molecule has 1 aliphatic carbocycles. The van der Waals surface area contributed by atoms with E-state index < -0.39 is 0 Å². The summed E-state index contributed by atoms with van der Waals surface area (Å²) in [5, 5.41) is 2.83. The Labute approximate surface area is 96.4 Å². The molecule has 1 aliphatic heterocycles. The van der Waals surface area contributed by atoms with Crippen LogP contribution in [0.4, 0.5) is 0 Å². The molecule has 0 unspecified atom stereocenters. The van der Waals surface area contributed by atoms with E-state index in [1.807, 2.05) is 4.90 Å². The predicted octanol–water partition coefficient (Wildman–Crippen LogP) is 0.568. The van der Waals surface area contributed by atoms with Crippen LogP contribution in [0.2, 0.25) is 0 Å². The first-order valence-corrected chi connectivity index (χ1v) is 6.27. The van der Waals surface area contributed by atoms with Crippen molar-refractivity contribution in [3.05, 3.63) is 0 Å². The molecule has 90 valence electrons. The molecule has 1 saturated carbocycles. The summed E-state index contributed by atoms with van der Waals surface area (Å²) in [5.41, 5.74) is 0. The van der Waals surface area contributed by atoms with E-state index in [1.54, 1.807) is 0 Å². The van der Waals surface area contributed by atoms with Gasteiger partial charge in [0.2, 0.25) is 5.91 Å². The first-order chi connectivity index (χ1) is 7.75. The number of hydrogen-bond donors (Lipinski definition) is 1. The SMILES string of the molecule is O=C1CN(CC(=O)C2CCCC2)CCCN1. The second kappa shape index (κ2) is 5.43. The summed E-state index contributed by atoms with van der Waals surface area (Å²) in [6, 6.07) is 0. The number of amides is 1. The Morgan fingerprint density at radius 1 is 1.31 bits per heavy atom. The number of nitrogens with zero attached hydrogens (tertiary/aromatic N) is 1. The van der Waals surface area contributed by atoms with Crippen molar-refractivity contribution in [1.29, 1.82) is 0 Å². The third-order valence-corrected chi connectivity index (χ3v) is 3.53. The van der Waals surface area contributed by atoms with Gasteiger partial charge >= 0.3 is 0 Å². The molecule has 0 atom stereocenters. The molecule has 1 amide bonds. The van der Waals surface area contributed by atoms with Gasteiger partial charge in [-0.3, -0.25) is 14.5 Å². The van der Waals surface area contributed by atoms with Crippen LogP contribution in [0.5, 0.6) is 0 Å². The van der Waals surface area contributed by atoms with Gasteiger partial charge in [0.1, 0.15) is 5.78 Å². The summed E-state index contributed by atoms with van der Waals surface area (Å²) in [6.07, 6.45) is 5.44. The van der Waals surface area contributed by atoms with E-state index in [1.165, 1.54) is 12.8 Å². The van der Waals surface area contributed by atoms with Crippen LogP contribution < -0.4 is 5.32 Å². The lowest BCUT2D eigenvalue weighted by atomic mass is 10.0. The number of ketones is 1. The average Bonchev–Trinajstić information content (AvgIpc) is 2.70. The van der Waals surface area contributed by atoms with Crippen molar-refractivity contribution >= 4 is 11.7 Å². The molecule has 1 N–H and O–H groups in total. The standard InChI is InChI=1S/C12H20N2O2/c15-11(10-4-1-2-5-10)8-14-7-3-6-13-12(16)9-14/h10H,1-9H2,(H,13,16). The Morgan fingerprint density at radius 2 is 2.06 bits per heavy atom. The van der Waals surface area contributed by atoms with Crippen LogP contribution in [-0.4, -0.2) is 42.8 Å². The van der Waals surface area contributed by atoms with E-state index >= 15 is 0 Å². The van der Waals surface area contributed by atoms with Crippen LogP contribution in [0.3, 0.4) is 0 Å². The van der Waals surface area contributed by atoms with E-state index in [-0.39, 0.29) is 11.8 Å². The summed E-state index contributed by atoms with van der Waals surface area (Å²) in [5.74, 6) is 0.662. The lowest BCUT2D eigenvalue weighted by molar-refractivity contribution is -0.125. The maximum absolute atomic E-state index is 12.0. The van der Waals surface area contributed by atoms with Gasteiger partial charge < -0.3 is 5.32 Å². The molecule has 4 heteroatoms. The zero-order chi connectivity index (χ0) is 11.4. The number of nitrogens with one attached hydrogen (secondary N) is 1. The quantitative estimate of drug-likeness (QED) is 0.762. The molecule has 16 heavy (non-hydrogen) atoms. The zero-order valence-corrected chi connectivity index (χ0v) is 9.71. The third kappa shape index (κ3) is 3.04. The fourth-order valence-corrected chi connectivity index (χ4v) is 2.60. The smallest absolute Gasteiger partial charge is 0.234 e. The van der Waals surface area contributed by atoms with Gasteiger partial charge in [0, 0.05) is 19.0 Å². The predicted molar refractivity (Wildman–Crippen MR) is 61.0 cm³/mol. The molecular weight excluding hydrogens is 204 g/mol. The normalized spacial score (nSPS) is 24.1. The third-order valence-electron chi connectivity index (χ3n) is 3.53. The minimum atomic E-state index is 0.0525. The van der Waals surface area contributed by atoms with Crippen molar-refractivity contribution in [3.63, 3.8) is 0 Å². The van der Waals surface area contributed by atoms with Crippen molar-refractivity contribution < 1.29 is 9.59 Å². The number of carbonyl (C=O) groups excluding carboxylic acids is 2. The highest BCUT2D eigenvalue weighted by molar-refractivity contribution is 5.84. The molecule has 0 aromatic heterocycles. The van der Waals surface area contributed by atoms with Crippen molar-refractivity contribution in [3.8, 4) is 0 Å². The largest absolute Gasteiger partial charge is 0.355 e. The summed E-state index contributed by atoms with van der Waals surface area (Å²) >= 11 is 0. The Bertz CT molecular complexity index is 272. The first kappa shape index (κ1) is 11.6. The van der Waals surface area contributed by atoms with Gasteiger partial charge in [-0.15, -0.1) is 0 Å². The fourth-order valence-electron chi connectivity index (χ4n) is 2.60. The Balaban J connectivity index is 1.82. The summed E-state index contributed by atoms with van der Waals surface area (Å²) in [4.78, 5) is 25.3. The van der Waals surface area contributed by atoms with Crippen molar-refractivity contribution in [2.24, 2.45) is 5.92 Å². The molecule has 0 radical (unpaired) electrons. The molecule has 2 aliphatic rings. The van der Waals surface area contributed by atoms with Gasteiger partial charge in [-0.25, -0.2) is 0 Å². The Kier molecular flexibility index (Phi) is 3.93. The summed E-state index contributed by atoms with van der Waals surface area (Å²) in [6.45, 7) is 2.46. The lowest BCUT2D eigenvalue weighted by Crippen LogP contribution is -2.37. The second-order valence-corrected chi connectivity index (χ2v) is 4.86. The number of rotatable bonds is 3. The molecule has 1 saturated heterocycles. The van der Waals surface area contributed by atoms with E-state index in [0.717, 1.165) is 32.4 Å². The minimum absolute atomic E-state index is 0.0525. The Hall–Kier alpha value is -0.900. The summed E-state index contributed by atoms with van der Waals surface area (Å²) < 4.78 is 0. The molecule has 2 fully saturated rings. The molecular formula is C12H20N2O2. The highest BCUT2D eigenvalue weighted by atomic mass is 16.2. The van der Waals surface area contributed by atoms with E-state index in [2.05, 4.69) is 5.32 Å². The maximum Gasteiger partial charge on any atom is 0.234 e. The van der Waals surface area contributed by atoms with Crippen LogP contribution in [0.15, 0.2) is 0 Å². The number of carbonyl (C=O) groups is 2.